The van der Waals surface area contributed by atoms with Crippen LogP contribution in [0.4, 0.5) is 10.1 Å². The lowest BCUT2D eigenvalue weighted by molar-refractivity contribution is 0.623. The summed E-state index contributed by atoms with van der Waals surface area (Å²) < 4.78 is 13.2. The molecular formula is C7H4BrFN2S. The van der Waals surface area contributed by atoms with Crippen LogP contribution in [0.2, 0.25) is 0 Å². The lowest BCUT2D eigenvalue weighted by Crippen LogP contribution is -1.90. The summed E-state index contributed by atoms with van der Waals surface area (Å²) in [5.74, 6) is -0.408. The van der Waals surface area contributed by atoms with E-state index in [9.17, 15) is 4.39 Å². The van der Waals surface area contributed by atoms with Crippen LogP contribution in [0.1, 0.15) is 0 Å². The van der Waals surface area contributed by atoms with Crippen LogP contribution >= 0.6 is 27.7 Å². The van der Waals surface area contributed by atoms with Gasteiger partial charge in [0, 0.05) is 9.37 Å². The van der Waals surface area contributed by atoms with E-state index < -0.39 is 5.82 Å². The van der Waals surface area contributed by atoms with Crippen LogP contribution < -0.4 is 5.73 Å². The number of nitrogens with zero attached hydrogens (tertiary/aromatic N) is 1. The van der Waals surface area contributed by atoms with Crippen molar-refractivity contribution in [1.29, 1.82) is 5.26 Å². The Morgan fingerprint density at radius 1 is 1.58 bits per heavy atom. The van der Waals surface area contributed by atoms with E-state index in [1.54, 1.807) is 0 Å². The molecule has 0 saturated carbocycles. The third kappa shape index (κ3) is 1.90. The lowest BCUT2D eigenvalue weighted by atomic mass is 10.3. The molecule has 0 unspecified atom stereocenters. The third-order valence-electron chi connectivity index (χ3n) is 1.21. The quantitative estimate of drug-likeness (QED) is 0.471. The van der Waals surface area contributed by atoms with Crippen molar-refractivity contribution in [2.24, 2.45) is 0 Å². The number of benzene rings is 1. The molecule has 1 aromatic rings. The van der Waals surface area contributed by atoms with Gasteiger partial charge < -0.3 is 5.73 Å². The number of halogens is 2. The fourth-order valence-corrected chi connectivity index (χ4v) is 1.75. The summed E-state index contributed by atoms with van der Waals surface area (Å²) in [4.78, 5) is 0.435. The first-order valence-electron chi connectivity index (χ1n) is 2.95. The number of rotatable bonds is 1. The molecule has 0 spiro atoms. The molecule has 0 atom stereocenters. The lowest BCUT2D eigenvalue weighted by Gasteiger charge is -2.02. The third-order valence-corrected chi connectivity index (χ3v) is 2.52. The van der Waals surface area contributed by atoms with Crippen LogP contribution in [0.25, 0.3) is 0 Å². The van der Waals surface area contributed by atoms with E-state index in [0.29, 0.717) is 15.1 Å². The van der Waals surface area contributed by atoms with Crippen LogP contribution in [0, 0.1) is 16.5 Å². The van der Waals surface area contributed by atoms with Gasteiger partial charge in [-0.25, -0.2) is 4.39 Å². The van der Waals surface area contributed by atoms with Crippen molar-refractivity contribution in [3.05, 3.63) is 22.4 Å². The molecule has 0 radical (unpaired) electrons. The van der Waals surface area contributed by atoms with Gasteiger partial charge in [-0.15, -0.1) is 0 Å². The highest BCUT2D eigenvalue weighted by atomic mass is 79.9. The second kappa shape index (κ2) is 3.78. The number of nitriles is 1. The van der Waals surface area contributed by atoms with Crippen LogP contribution in [0.15, 0.2) is 21.5 Å². The maximum Gasteiger partial charge on any atom is 0.138 e. The van der Waals surface area contributed by atoms with Crippen molar-refractivity contribution in [1.82, 2.24) is 0 Å². The molecule has 2 nitrogen and oxygen atoms in total. The minimum Gasteiger partial charge on any atom is -0.397 e. The molecule has 0 saturated heterocycles. The van der Waals surface area contributed by atoms with Gasteiger partial charge in [-0.1, -0.05) is 0 Å². The molecule has 0 bridgehead atoms. The van der Waals surface area contributed by atoms with Crippen LogP contribution in [-0.2, 0) is 0 Å². The minimum atomic E-state index is -0.408. The van der Waals surface area contributed by atoms with Crippen molar-refractivity contribution in [2.45, 2.75) is 4.90 Å². The molecule has 0 aromatic heterocycles. The highest BCUT2D eigenvalue weighted by Crippen LogP contribution is 2.31. The number of hydrogen-bond acceptors (Lipinski definition) is 3. The number of nitrogens with two attached hydrogens (primary N) is 1. The number of nitrogen functional groups attached to an aromatic ring is 1. The summed E-state index contributed by atoms with van der Waals surface area (Å²) in [5.41, 5.74) is 5.94. The summed E-state index contributed by atoms with van der Waals surface area (Å²) >= 11 is 3.92. The van der Waals surface area contributed by atoms with E-state index in [0.717, 1.165) is 11.8 Å². The minimum absolute atomic E-state index is 0.392. The highest BCUT2D eigenvalue weighted by molar-refractivity contribution is 9.10. The van der Waals surface area contributed by atoms with Gasteiger partial charge in [-0.05, 0) is 39.8 Å². The Balaban J connectivity index is 3.20. The number of hydrogen-bond donors (Lipinski definition) is 1. The molecule has 0 heterocycles. The van der Waals surface area contributed by atoms with Crippen molar-refractivity contribution in [3.63, 3.8) is 0 Å². The SMILES string of the molecule is N#CSc1cc(F)cc(Br)c1N. The van der Waals surface area contributed by atoms with Crippen LogP contribution in [-0.4, -0.2) is 0 Å². The fourth-order valence-electron chi connectivity index (χ4n) is 0.695. The van der Waals surface area contributed by atoms with Crippen molar-refractivity contribution in [2.75, 3.05) is 5.73 Å². The Morgan fingerprint density at radius 3 is 2.83 bits per heavy atom. The van der Waals surface area contributed by atoms with Crippen molar-refractivity contribution in [3.8, 4) is 5.40 Å². The molecule has 5 heteroatoms. The first kappa shape index (κ1) is 9.36. The number of thioether (sulfide) groups is 1. The molecule has 1 aromatic carbocycles. The van der Waals surface area contributed by atoms with E-state index in [4.69, 9.17) is 11.0 Å². The van der Waals surface area contributed by atoms with E-state index in [2.05, 4.69) is 15.9 Å². The van der Waals surface area contributed by atoms with Gasteiger partial charge in [0.05, 0.1) is 5.69 Å². The summed E-state index contributed by atoms with van der Waals surface area (Å²) in [6, 6.07) is 2.49. The first-order chi connectivity index (χ1) is 5.65. The predicted molar refractivity (Wildman–Crippen MR) is 50.0 cm³/mol. The molecule has 0 aliphatic rings. The van der Waals surface area contributed by atoms with Gasteiger partial charge in [0.15, 0.2) is 0 Å². The summed E-state index contributed by atoms with van der Waals surface area (Å²) in [5, 5.41) is 10.2. The van der Waals surface area contributed by atoms with Gasteiger partial charge in [0.25, 0.3) is 0 Å². The van der Waals surface area contributed by atoms with E-state index >= 15 is 0 Å². The summed E-state index contributed by atoms with van der Waals surface area (Å²) in [7, 11) is 0. The zero-order chi connectivity index (χ0) is 9.14. The number of anilines is 1. The largest absolute Gasteiger partial charge is 0.397 e. The predicted octanol–water partition coefficient (Wildman–Crippen LogP) is 2.74. The average molecular weight is 247 g/mol. The maximum atomic E-state index is 12.7. The molecule has 0 aliphatic heterocycles. The van der Waals surface area contributed by atoms with Crippen molar-refractivity contribution >= 4 is 33.4 Å². The van der Waals surface area contributed by atoms with Gasteiger partial charge in [-0.2, -0.15) is 5.26 Å². The maximum absolute atomic E-state index is 12.7. The van der Waals surface area contributed by atoms with Crippen LogP contribution in [0.3, 0.4) is 0 Å². The molecule has 0 aliphatic carbocycles. The standard InChI is InChI=1S/C7H4BrFN2S/c8-5-1-4(9)2-6(7(5)11)12-3-10/h1-2H,11H2. The summed E-state index contributed by atoms with van der Waals surface area (Å²) in [6.45, 7) is 0. The van der Waals surface area contributed by atoms with Crippen molar-refractivity contribution < 1.29 is 4.39 Å². The second-order valence-corrected chi connectivity index (χ2v) is 3.67. The van der Waals surface area contributed by atoms with Gasteiger partial charge in [-0.3, -0.25) is 0 Å². The zero-order valence-corrected chi connectivity index (χ0v) is 8.25. The second-order valence-electron chi connectivity index (χ2n) is 1.99. The molecule has 62 valence electrons. The van der Waals surface area contributed by atoms with Crippen LogP contribution in [0.5, 0.6) is 0 Å². The highest BCUT2D eigenvalue weighted by Gasteiger charge is 2.06. The molecule has 0 amide bonds. The Hall–Kier alpha value is -0.730. The Kier molecular flexibility index (Phi) is 2.95. The molecule has 2 N–H and O–H groups in total. The Labute approximate surface area is 81.7 Å². The van der Waals surface area contributed by atoms with E-state index in [-0.39, 0.29) is 0 Å². The first-order valence-corrected chi connectivity index (χ1v) is 4.56. The monoisotopic (exact) mass is 246 g/mol. The van der Waals surface area contributed by atoms with Gasteiger partial charge in [0.2, 0.25) is 0 Å². The molecular weight excluding hydrogens is 243 g/mol. The zero-order valence-electron chi connectivity index (χ0n) is 5.84. The Morgan fingerprint density at radius 2 is 2.25 bits per heavy atom. The molecule has 1 rings (SSSR count). The van der Waals surface area contributed by atoms with E-state index in [1.165, 1.54) is 12.1 Å². The number of thiocyanates is 1. The normalized spacial score (nSPS) is 9.42. The fraction of sp³-hybridized carbons (Fsp3) is 0. The smallest absolute Gasteiger partial charge is 0.138 e. The van der Waals surface area contributed by atoms with Gasteiger partial charge in [0.1, 0.15) is 11.2 Å². The topological polar surface area (TPSA) is 49.8 Å². The average Bonchev–Trinajstić information content (AvgIpc) is 2.00. The Bertz CT molecular complexity index is 348. The molecule has 12 heavy (non-hydrogen) atoms. The molecule has 0 fully saturated rings. The summed E-state index contributed by atoms with van der Waals surface area (Å²) in [6.07, 6.45) is 0. The van der Waals surface area contributed by atoms with E-state index in [1.807, 2.05) is 5.40 Å². The van der Waals surface area contributed by atoms with Gasteiger partial charge >= 0.3 is 0 Å².